The van der Waals surface area contributed by atoms with Gasteiger partial charge < -0.3 is 10.5 Å². The first-order valence-corrected chi connectivity index (χ1v) is 7.59. The summed E-state index contributed by atoms with van der Waals surface area (Å²) in [7, 11) is 0. The van der Waals surface area contributed by atoms with Crippen molar-refractivity contribution in [2.24, 2.45) is 5.73 Å². The summed E-state index contributed by atoms with van der Waals surface area (Å²) < 4.78 is 6.55. The molecule has 4 nitrogen and oxygen atoms in total. The van der Waals surface area contributed by atoms with Gasteiger partial charge in [0.15, 0.2) is 0 Å². The summed E-state index contributed by atoms with van der Waals surface area (Å²) in [4.78, 5) is 13.6. The maximum absolute atomic E-state index is 11.5. The van der Waals surface area contributed by atoms with Crippen LogP contribution in [0.5, 0.6) is 0 Å². The topological polar surface area (TPSA) is 64.3 Å². The number of hydrogen-bond acceptors (Lipinski definition) is 4. The fraction of sp³-hybridized carbons (Fsp3) is 0.583. The average Bonchev–Trinajstić information content (AvgIpc) is 2.90. The van der Waals surface area contributed by atoms with Crippen molar-refractivity contribution in [3.63, 3.8) is 0 Å². The van der Waals surface area contributed by atoms with E-state index < -0.39 is 6.04 Å². The number of nitrogens with two attached hydrogens (primary N) is 1. The number of ether oxygens (including phenoxy) is 1. The zero-order valence-electron chi connectivity index (χ0n) is 10.2. The first kappa shape index (κ1) is 14.0. The smallest absolute Gasteiger partial charge is 0.239 e. The number of carbonyl (C=O) groups is 1. The van der Waals surface area contributed by atoms with Crippen molar-refractivity contribution in [1.29, 1.82) is 0 Å². The van der Waals surface area contributed by atoms with Crippen LogP contribution < -0.4 is 11.1 Å². The Labute approximate surface area is 119 Å². The lowest BCUT2D eigenvalue weighted by atomic mass is 10.2. The molecule has 0 saturated carbocycles. The highest BCUT2D eigenvalue weighted by atomic mass is 79.9. The molecular weight excluding hydrogens is 316 g/mol. The third kappa shape index (κ3) is 3.32. The van der Waals surface area contributed by atoms with Gasteiger partial charge in [-0.3, -0.25) is 10.1 Å². The highest BCUT2D eigenvalue weighted by Crippen LogP contribution is 2.30. The molecule has 2 rings (SSSR count). The third-order valence-electron chi connectivity index (χ3n) is 3.02. The van der Waals surface area contributed by atoms with Crippen molar-refractivity contribution in [1.82, 2.24) is 5.32 Å². The van der Waals surface area contributed by atoms with Gasteiger partial charge in [0.05, 0.1) is 6.10 Å². The third-order valence-corrected chi connectivity index (χ3v) is 5.22. The van der Waals surface area contributed by atoms with Gasteiger partial charge >= 0.3 is 0 Å². The van der Waals surface area contributed by atoms with Crippen molar-refractivity contribution in [2.45, 2.75) is 31.9 Å². The van der Waals surface area contributed by atoms with Crippen LogP contribution in [-0.4, -0.2) is 25.2 Å². The molecule has 1 aliphatic heterocycles. The molecule has 1 amide bonds. The minimum atomic E-state index is -0.427. The van der Waals surface area contributed by atoms with Crippen LogP contribution in [0.1, 0.15) is 28.6 Å². The van der Waals surface area contributed by atoms with E-state index in [-0.39, 0.29) is 12.0 Å². The van der Waals surface area contributed by atoms with Gasteiger partial charge in [-0.05, 0) is 41.8 Å². The summed E-state index contributed by atoms with van der Waals surface area (Å²) in [6.07, 6.45) is 2.35. The first-order chi connectivity index (χ1) is 8.58. The Bertz CT molecular complexity index is 410. The van der Waals surface area contributed by atoms with Crippen molar-refractivity contribution in [2.75, 3.05) is 13.2 Å². The molecule has 100 valence electrons. The predicted octanol–water partition coefficient (Wildman–Crippen LogP) is 2.11. The van der Waals surface area contributed by atoms with E-state index in [0.717, 1.165) is 33.7 Å². The second-order valence-electron chi connectivity index (χ2n) is 4.43. The van der Waals surface area contributed by atoms with E-state index in [1.807, 2.05) is 13.0 Å². The Balaban J connectivity index is 2.01. The number of aryl methyl sites for hydroxylation is 1. The summed E-state index contributed by atoms with van der Waals surface area (Å²) >= 11 is 5.04. The number of hydrogen-bond donors (Lipinski definition) is 2. The summed E-state index contributed by atoms with van der Waals surface area (Å²) in [5.74, 6) is -0.346. The highest BCUT2D eigenvalue weighted by Gasteiger charge is 2.23. The molecule has 0 bridgehead atoms. The first-order valence-electron chi connectivity index (χ1n) is 5.98. The molecule has 18 heavy (non-hydrogen) atoms. The van der Waals surface area contributed by atoms with E-state index in [4.69, 9.17) is 10.5 Å². The van der Waals surface area contributed by atoms with E-state index in [2.05, 4.69) is 21.2 Å². The molecule has 0 aromatic carbocycles. The van der Waals surface area contributed by atoms with Crippen molar-refractivity contribution >= 4 is 33.2 Å². The Morgan fingerprint density at radius 1 is 1.78 bits per heavy atom. The largest absolute Gasteiger partial charge is 0.377 e. The summed E-state index contributed by atoms with van der Waals surface area (Å²) in [6.45, 7) is 3.50. The van der Waals surface area contributed by atoms with E-state index in [9.17, 15) is 4.79 Å². The molecule has 2 heterocycles. The molecule has 0 aliphatic carbocycles. The van der Waals surface area contributed by atoms with Gasteiger partial charge in [0.2, 0.25) is 5.91 Å². The van der Waals surface area contributed by atoms with Gasteiger partial charge in [-0.1, -0.05) is 0 Å². The lowest BCUT2D eigenvalue weighted by Crippen LogP contribution is -2.37. The van der Waals surface area contributed by atoms with Crippen LogP contribution in [0.4, 0.5) is 0 Å². The number of nitrogens with one attached hydrogen (secondary N) is 1. The van der Waals surface area contributed by atoms with Crippen LogP contribution >= 0.6 is 27.3 Å². The van der Waals surface area contributed by atoms with Crippen LogP contribution in [-0.2, 0) is 9.53 Å². The Morgan fingerprint density at radius 3 is 3.06 bits per heavy atom. The van der Waals surface area contributed by atoms with Crippen LogP contribution in [0.15, 0.2) is 10.5 Å². The molecule has 2 unspecified atom stereocenters. The number of primary amides is 1. The molecule has 2 atom stereocenters. The standard InChI is InChI=1S/C12H17BrN2O2S/c1-7-9(13)5-10(18-7)11(12(14)16)15-6-8-3-2-4-17-8/h5,8,11,15H,2-4,6H2,1H3,(H2,14,16). The summed E-state index contributed by atoms with van der Waals surface area (Å²) in [5.41, 5.74) is 5.46. The lowest BCUT2D eigenvalue weighted by molar-refractivity contribution is -0.120. The van der Waals surface area contributed by atoms with Gasteiger partial charge in [-0.15, -0.1) is 11.3 Å². The Kier molecular flexibility index (Phi) is 4.77. The molecule has 1 aromatic heterocycles. The molecule has 1 aromatic rings. The zero-order valence-corrected chi connectivity index (χ0v) is 12.6. The Hall–Kier alpha value is -0.430. The van der Waals surface area contributed by atoms with E-state index in [0.29, 0.717) is 6.54 Å². The second kappa shape index (κ2) is 6.14. The van der Waals surface area contributed by atoms with E-state index in [1.54, 1.807) is 11.3 Å². The van der Waals surface area contributed by atoms with E-state index in [1.165, 1.54) is 0 Å². The molecule has 1 saturated heterocycles. The van der Waals surface area contributed by atoms with Crippen molar-refractivity contribution < 1.29 is 9.53 Å². The molecule has 6 heteroatoms. The molecule has 1 fully saturated rings. The van der Waals surface area contributed by atoms with Crippen molar-refractivity contribution in [3.8, 4) is 0 Å². The van der Waals surface area contributed by atoms with E-state index >= 15 is 0 Å². The molecule has 1 aliphatic rings. The average molecular weight is 333 g/mol. The Morgan fingerprint density at radius 2 is 2.56 bits per heavy atom. The number of carbonyl (C=O) groups excluding carboxylic acids is 1. The maximum Gasteiger partial charge on any atom is 0.239 e. The van der Waals surface area contributed by atoms with Gasteiger partial charge in [0.25, 0.3) is 0 Å². The number of amides is 1. The number of thiophene rings is 1. The minimum absolute atomic E-state index is 0.205. The zero-order chi connectivity index (χ0) is 13.1. The SMILES string of the molecule is Cc1sc(C(NCC2CCCO2)C(N)=O)cc1Br. The van der Waals surface area contributed by atoms with Crippen LogP contribution in [0.3, 0.4) is 0 Å². The monoisotopic (exact) mass is 332 g/mol. The van der Waals surface area contributed by atoms with Crippen LogP contribution in [0.25, 0.3) is 0 Å². The molecule has 0 radical (unpaired) electrons. The minimum Gasteiger partial charge on any atom is -0.377 e. The normalized spacial score (nSPS) is 21.1. The summed E-state index contributed by atoms with van der Waals surface area (Å²) in [5, 5.41) is 3.21. The van der Waals surface area contributed by atoms with Gasteiger partial charge in [-0.2, -0.15) is 0 Å². The lowest BCUT2D eigenvalue weighted by Gasteiger charge is -2.16. The quantitative estimate of drug-likeness (QED) is 0.867. The summed E-state index contributed by atoms with van der Waals surface area (Å²) in [6, 6.07) is 1.53. The van der Waals surface area contributed by atoms with Crippen molar-refractivity contribution in [3.05, 3.63) is 20.3 Å². The molecule has 3 N–H and O–H groups in total. The fourth-order valence-corrected chi connectivity index (χ4v) is 3.66. The fourth-order valence-electron chi connectivity index (χ4n) is 2.02. The van der Waals surface area contributed by atoms with Gasteiger partial charge in [0.1, 0.15) is 6.04 Å². The highest BCUT2D eigenvalue weighted by molar-refractivity contribution is 9.10. The molecule has 0 spiro atoms. The second-order valence-corrected chi connectivity index (χ2v) is 6.57. The van der Waals surface area contributed by atoms with Crippen LogP contribution in [0.2, 0.25) is 0 Å². The number of rotatable bonds is 5. The predicted molar refractivity (Wildman–Crippen MR) is 75.7 cm³/mol. The van der Waals surface area contributed by atoms with Crippen LogP contribution in [0, 0.1) is 6.92 Å². The maximum atomic E-state index is 11.5. The molecular formula is C12H17BrN2O2S. The number of halogens is 1. The van der Waals surface area contributed by atoms with Gasteiger partial charge in [0, 0.05) is 27.4 Å². The van der Waals surface area contributed by atoms with Gasteiger partial charge in [-0.25, -0.2) is 0 Å².